The van der Waals surface area contributed by atoms with Gasteiger partial charge in [-0.2, -0.15) is 11.8 Å². The molecular weight excluding hydrogens is 216 g/mol. The molecule has 96 valence electrons. The van der Waals surface area contributed by atoms with E-state index in [0.29, 0.717) is 4.75 Å². The van der Waals surface area contributed by atoms with Crippen LogP contribution in [0.3, 0.4) is 0 Å². The lowest BCUT2D eigenvalue weighted by atomic mass is 10.1. The first-order chi connectivity index (χ1) is 7.53. The summed E-state index contributed by atoms with van der Waals surface area (Å²) >= 11 is 2.13. The first-order valence-corrected chi connectivity index (χ1v) is 7.59. The van der Waals surface area contributed by atoms with Gasteiger partial charge in [0.05, 0.1) is 0 Å². The Hall–Kier alpha value is 0.270. The molecule has 1 unspecified atom stereocenters. The fourth-order valence-electron chi connectivity index (χ4n) is 2.14. The number of hydrogen-bond donors (Lipinski definition) is 1. The molecule has 0 aliphatic carbocycles. The van der Waals surface area contributed by atoms with E-state index in [1.165, 1.54) is 31.8 Å². The molecule has 1 aliphatic rings. The zero-order chi connectivity index (χ0) is 12.0. The summed E-state index contributed by atoms with van der Waals surface area (Å²) in [6.07, 6.45) is 1.32. The summed E-state index contributed by atoms with van der Waals surface area (Å²) in [5.41, 5.74) is 0. The van der Waals surface area contributed by atoms with Crippen molar-refractivity contribution >= 4 is 11.8 Å². The van der Waals surface area contributed by atoms with Crippen LogP contribution in [0.15, 0.2) is 0 Å². The molecule has 0 saturated carbocycles. The predicted molar refractivity (Wildman–Crippen MR) is 75.3 cm³/mol. The third-order valence-corrected chi connectivity index (χ3v) is 4.62. The summed E-state index contributed by atoms with van der Waals surface area (Å²) in [5, 5.41) is 3.44. The van der Waals surface area contributed by atoms with E-state index < -0.39 is 0 Å². The molecule has 1 heterocycles. The van der Waals surface area contributed by atoms with Gasteiger partial charge in [-0.3, -0.25) is 0 Å². The topological polar surface area (TPSA) is 15.3 Å². The van der Waals surface area contributed by atoms with E-state index in [2.05, 4.69) is 49.7 Å². The van der Waals surface area contributed by atoms with Crippen molar-refractivity contribution in [2.24, 2.45) is 5.92 Å². The Balaban J connectivity index is 2.26. The minimum Gasteiger partial charge on any atom is -0.317 e. The molecule has 16 heavy (non-hydrogen) atoms. The number of nitrogens with zero attached hydrogens (tertiary/aromatic N) is 1. The molecule has 2 nitrogen and oxygen atoms in total. The van der Waals surface area contributed by atoms with Crippen molar-refractivity contribution in [3.05, 3.63) is 0 Å². The Kier molecular flexibility index (Phi) is 6.16. The summed E-state index contributed by atoms with van der Waals surface area (Å²) in [6, 6.07) is 0. The number of nitrogens with one attached hydrogen (secondary N) is 1. The molecule has 0 aromatic carbocycles. The Morgan fingerprint density at radius 2 is 2.12 bits per heavy atom. The van der Waals surface area contributed by atoms with E-state index in [9.17, 15) is 0 Å². The van der Waals surface area contributed by atoms with Crippen LogP contribution in [0.1, 0.15) is 34.1 Å². The standard InChI is InChI=1S/C13H28N2S/c1-5-14-10-12(2)11-15-7-6-13(3,4)16-9-8-15/h12,14H,5-11H2,1-4H3. The fourth-order valence-corrected chi connectivity index (χ4v) is 3.28. The van der Waals surface area contributed by atoms with E-state index in [0.717, 1.165) is 19.0 Å². The molecule has 0 aromatic rings. The largest absolute Gasteiger partial charge is 0.317 e. The van der Waals surface area contributed by atoms with Crippen molar-refractivity contribution in [1.82, 2.24) is 10.2 Å². The van der Waals surface area contributed by atoms with Gasteiger partial charge in [0, 0.05) is 23.6 Å². The first kappa shape index (κ1) is 14.3. The minimum absolute atomic E-state index is 0.486. The van der Waals surface area contributed by atoms with Gasteiger partial charge in [-0.25, -0.2) is 0 Å². The molecule has 1 atom stereocenters. The highest BCUT2D eigenvalue weighted by atomic mass is 32.2. The molecule has 0 bridgehead atoms. The van der Waals surface area contributed by atoms with Gasteiger partial charge in [0.1, 0.15) is 0 Å². The lowest BCUT2D eigenvalue weighted by Crippen LogP contribution is -2.35. The summed E-state index contributed by atoms with van der Waals surface area (Å²) < 4.78 is 0.486. The summed E-state index contributed by atoms with van der Waals surface area (Å²) in [4.78, 5) is 2.64. The van der Waals surface area contributed by atoms with Crippen molar-refractivity contribution in [2.45, 2.75) is 38.9 Å². The number of thioether (sulfide) groups is 1. The van der Waals surface area contributed by atoms with Crippen molar-refractivity contribution in [1.29, 1.82) is 0 Å². The SMILES string of the molecule is CCNCC(C)CN1CCSC(C)(C)CC1. The summed E-state index contributed by atoms with van der Waals surface area (Å²) in [6.45, 7) is 15.3. The second-order valence-corrected chi connectivity index (χ2v) is 7.37. The highest BCUT2D eigenvalue weighted by Gasteiger charge is 2.23. The summed E-state index contributed by atoms with van der Waals surface area (Å²) in [7, 11) is 0. The van der Waals surface area contributed by atoms with Crippen LogP contribution in [0.5, 0.6) is 0 Å². The molecule has 1 saturated heterocycles. The van der Waals surface area contributed by atoms with E-state index in [1.807, 2.05) is 0 Å². The van der Waals surface area contributed by atoms with E-state index in [-0.39, 0.29) is 0 Å². The quantitative estimate of drug-likeness (QED) is 0.800. The Labute approximate surface area is 106 Å². The van der Waals surface area contributed by atoms with Crippen LogP contribution in [0.25, 0.3) is 0 Å². The van der Waals surface area contributed by atoms with Crippen LogP contribution in [-0.2, 0) is 0 Å². The van der Waals surface area contributed by atoms with E-state index in [1.54, 1.807) is 0 Å². The van der Waals surface area contributed by atoms with Gasteiger partial charge in [-0.15, -0.1) is 0 Å². The highest BCUT2D eigenvalue weighted by molar-refractivity contribution is 8.00. The fraction of sp³-hybridized carbons (Fsp3) is 1.00. The summed E-state index contributed by atoms with van der Waals surface area (Å²) in [5.74, 6) is 2.06. The molecule has 0 amide bonds. The first-order valence-electron chi connectivity index (χ1n) is 6.60. The minimum atomic E-state index is 0.486. The second-order valence-electron chi connectivity index (χ2n) is 5.57. The smallest absolute Gasteiger partial charge is 0.0116 e. The van der Waals surface area contributed by atoms with Gasteiger partial charge in [-0.1, -0.05) is 27.7 Å². The Bertz CT molecular complexity index is 194. The van der Waals surface area contributed by atoms with Gasteiger partial charge >= 0.3 is 0 Å². The van der Waals surface area contributed by atoms with Crippen molar-refractivity contribution in [3.63, 3.8) is 0 Å². The van der Waals surface area contributed by atoms with Gasteiger partial charge < -0.3 is 10.2 Å². The molecule has 1 N–H and O–H groups in total. The van der Waals surface area contributed by atoms with Crippen LogP contribution in [0.2, 0.25) is 0 Å². The van der Waals surface area contributed by atoms with Crippen molar-refractivity contribution < 1.29 is 0 Å². The van der Waals surface area contributed by atoms with E-state index in [4.69, 9.17) is 0 Å². The predicted octanol–water partition coefficient (Wildman–Crippen LogP) is 2.45. The van der Waals surface area contributed by atoms with Crippen LogP contribution in [0, 0.1) is 5.92 Å². The van der Waals surface area contributed by atoms with Gasteiger partial charge in [0.15, 0.2) is 0 Å². The van der Waals surface area contributed by atoms with Crippen LogP contribution >= 0.6 is 11.8 Å². The van der Waals surface area contributed by atoms with Gasteiger partial charge in [-0.05, 0) is 32.0 Å². The van der Waals surface area contributed by atoms with Crippen LogP contribution < -0.4 is 5.32 Å². The van der Waals surface area contributed by atoms with Crippen molar-refractivity contribution in [2.75, 3.05) is 38.5 Å². The van der Waals surface area contributed by atoms with Gasteiger partial charge in [0.25, 0.3) is 0 Å². The molecule has 1 rings (SSSR count). The molecular formula is C13H28N2S. The molecule has 0 aromatic heterocycles. The average molecular weight is 244 g/mol. The average Bonchev–Trinajstić information content (AvgIpc) is 2.37. The maximum atomic E-state index is 3.44. The normalized spacial score (nSPS) is 24.0. The van der Waals surface area contributed by atoms with Crippen molar-refractivity contribution in [3.8, 4) is 0 Å². The molecule has 1 aliphatic heterocycles. The Morgan fingerprint density at radius 3 is 2.81 bits per heavy atom. The van der Waals surface area contributed by atoms with Crippen LogP contribution in [-0.4, -0.2) is 48.1 Å². The highest BCUT2D eigenvalue weighted by Crippen LogP contribution is 2.30. The maximum absolute atomic E-state index is 3.44. The maximum Gasteiger partial charge on any atom is 0.0116 e. The number of rotatable bonds is 5. The monoisotopic (exact) mass is 244 g/mol. The number of hydrogen-bond acceptors (Lipinski definition) is 3. The zero-order valence-corrected chi connectivity index (χ0v) is 12.2. The third-order valence-electron chi connectivity index (χ3n) is 3.24. The van der Waals surface area contributed by atoms with E-state index >= 15 is 0 Å². The molecule has 1 fully saturated rings. The lowest BCUT2D eigenvalue weighted by Gasteiger charge is -2.25. The Morgan fingerprint density at radius 1 is 1.38 bits per heavy atom. The second kappa shape index (κ2) is 6.87. The molecule has 3 heteroatoms. The van der Waals surface area contributed by atoms with Gasteiger partial charge in [0.2, 0.25) is 0 Å². The van der Waals surface area contributed by atoms with Crippen LogP contribution in [0.4, 0.5) is 0 Å². The third kappa shape index (κ3) is 5.55. The lowest BCUT2D eigenvalue weighted by molar-refractivity contribution is 0.244. The molecule has 0 spiro atoms. The molecule has 0 radical (unpaired) electrons. The zero-order valence-electron chi connectivity index (χ0n) is 11.4.